The Balaban J connectivity index is 3.59. The molecule has 0 aromatic carbocycles. The van der Waals surface area contributed by atoms with Gasteiger partial charge in [-0.05, 0) is 25.7 Å². The molecule has 0 saturated heterocycles. The summed E-state index contributed by atoms with van der Waals surface area (Å²) in [6.07, 6.45) is 6.55. The molecule has 0 atom stereocenters. The first kappa shape index (κ1) is 9.48. The highest BCUT2D eigenvalue weighted by atomic mass is 14.0. The lowest BCUT2D eigenvalue weighted by Gasteiger charge is -1.99. The lowest BCUT2D eigenvalue weighted by Crippen LogP contribution is -1.82. The van der Waals surface area contributed by atoms with Gasteiger partial charge in [-0.1, -0.05) is 31.6 Å². The minimum atomic E-state index is 0.685. The van der Waals surface area contributed by atoms with Crippen molar-refractivity contribution in [1.29, 1.82) is 0 Å². The van der Waals surface area contributed by atoms with E-state index in [4.69, 9.17) is 0 Å². The molecular weight excluding hydrogens is 120 g/mol. The molecule has 0 aliphatic carbocycles. The fraction of sp³-hybridized carbons (Fsp3) is 0.600. The molecule has 0 unspecified atom stereocenters. The summed E-state index contributed by atoms with van der Waals surface area (Å²) < 4.78 is 0. The van der Waals surface area contributed by atoms with Crippen LogP contribution < -0.4 is 0 Å². The average Bonchev–Trinajstić information content (AvgIpc) is 1.82. The maximum atomic E-state index is 3.68. The van der Waals surface area contributed by atoms with E-state index >= 15 is 0 Å². The Kier molecular flexibility index (Phi) is 5.00. The van der Waals surface area contributed by atoms with Crippen LogP contribution in [0.4, 0.5) is 0 Å². The third-order valence-corrected chi connectivity index (χ3v) is 1.36. The molecule has 0 nitrogen and oxygen atoms in total. The Labute approximate surface area is 64.6 Å². The summed E-state index contributed by atoms with van der Waals surface area (Å²) in [6.45, 7) is 10.3. The molecule has 0 heterocycles. The van der Waals surface area contributed by atoms with E-state index in [0.29, 0.717) is 5.92 Å². The fourth-order valence-corrected chi connectivity index (χ4v) is 0.982. The van der Waals surface area contributed by atoms with Crippen molar-refractivity contribution < 1.29 is 0 Å². The van der Waals surface area contributed by atoms with Gasteiger partial charge in [0, 0.05) is 0 Å². The third kappa shape index (κ3) is 5.61. The molecule has 58 valence electrons. The van der Waals surface area contributed by atoms with Crippen molar-refractivity contribution in [3.63, 3.8) is 0 Å². The van der Waals surface area contributed by atoms with E-state index in [2.05, 4.69) is 33.4 Å². The summed E-state index contributed by atoms with van der Waals surface area (Å²) in [5.41, 5.74) is 1.48. The van der Waals surface area contributed by atoms with Gasteiger partial charge in [0.05, 0.1) is 0 Å². The second-order valence-electron chi connectivity index (χ2n) is 3.08. The molecule has 0 radical (unpaired) electrons. The van der Waals surface area contributed by atoms with Crippen molar-refractivity contribution in [2.24, 2.45) is 5.92 Å². The van der Waals surface area contributed by atoms with Crippen LogP contribution in [0.5, 0.6) is 0 Å². The van der Waals surface area contributed by atoms with Gasteiger partial charge in [-0.2, -0.15) is 0 Å². The smallest absolute Gasteiger partial charge is 0.0288 e. The van der Waals surface area contributed by atoms with E-state index in [1.165, 1.54) is 12.0 Å². The monoisotopic (exact) mass is 138 g/mol. The summed E-state index contributed by atoms with van der Waals surface area (Å²) in [4.78, 5) is 0. The zero-order valence-corrected chi connectivity index (χ0v) is 7.35. The maximum absolute atomic E-state index is 3.68. The van der Waals surface area contributed by atoms with E-state index in [0.717, 1.165) is 6.42 Å². The first-order chi connectivity index (χ1) is 4.66. The fourth-order valence-electron chi connectivity index (χ4n) is 0.982. The molecule has 0 aliphatic heterocycles. The molecule has 0 N–H and O–H groups in total. The van der Waals surface area contributed by atoms with Gasteiger partial charge in [0.15, 0.2) is 0 Å². The molecule has 0 amide bonds. The van der Waals surface area contributed by atoms with Crippen LogP contribution in [-0.2, 0) is 0 Å². The number of rotatable bonds is 4. The predicted molar refractivity (Wildman–Crippen MR) is 48.0 cm³/mol. The summed E-state index contributed by atoms with van der Waals surface area (Å²) in [5.74, 6) is 0.685. The maximum Gasteiger partial charge on any atom is -0.0288 e. The van der Waals surface area contributed by atoms with Crippen LogP contribution in [0.15, 0.2) is 24.3 Å². The van der Waals surface area contributed by atoms with Crippen LogP contribution in [0.1, 0.15) is 33.6 Å². The number of allylic oxidation sites excluding steroid dienone is 3. The molecule has 0 aliphatic rings. The highest BCUT2D eigenvalue weighted by Gasteiger charge is 1.89. The van der Waals surface area contributed by atoms with E-state index < -0.39 is 0 Å². The van der Waals surface area contributed by atoms with Crippen LogP contribution >= 0.6 is 0 Å². The van der Waals surface area contributed by atoms with E-state index in [-0.39, 0.29) is 0 Å². The topological polar surface area (TPSA) is 0 Å². The van der Waals surface area contributed by atoms with Crippen LogP contribution in [0.25, 0.3) is 0 Å². The van der Waals surface area contributed by atoms with Gasteiger partial charge >= 0.3 is 0 Å². The van der Waals surface area contributed by atoms with Gasteiger partial charge in [0.2, 0.25) is 0 Å². The van der Waals surface area contributed by atoms with Crippen LogP contribution in [0.2, 0.25) is 0 Å². The van der Waals surface area contributed by atoms with Crippen molar-refractivity contribution in [2.45, 2.75) is 33.6 Å². The molecule has 0 rings (SSSR count). The lowest BCUT2D eigenvalue weighted by atomic mass is 10.1. The average molecular weight is 138 g/mol. The molecule has 0 aromatic heterocycles. The van der Waals surface area contributed by atoms with Gasteiger partial charge in [-0.25, -0.2) is 0 Å². The second-order valence-corrected chi connectivity index (χ2v) is 3.08. The van der Waals surface area contributed by atoms with Crippen molar-refractivity contribution in [2.75, 3.05) is 0 Å². The van der Waals surface area contributed by atoms with Gasteiger partial charge in [0.25, 0.3) is 0 Å². The Morgan fingerprint density at radius 3 is 2.50 bits per heavy atom. The Morgan fingerprint density at radius 2 is 2.10 bits per heavy atom. The first-order valence-corrected chi connectivity index (χ1v) is 3.95. The van der Waals surface area contributed by atoms with E-state index in [9.17, 15) is 0 Å². The Morgan fingerprint density at radius 1 is 1.50 bits per heavy atom. The SMILES string of the molecule is C=CCC/C(C)=C/C(C)C. The van der Waals surface area contributed by atoms with Crippen LogP contribution in [0.3, 0.4) is 0 Å². The predicted octanol–water partition coefficient (Wildman–Crippen LogP) is 3.55. The summed E-state index contributed by atoms with van der Waals surface area (Å²) >= 11 is 0. The standard InChI is InChI=1S/C10H18/c1-5-6-7-10(4)8-9(2)3/h5,8-9H,1,6-7H2,2-4H3/b10-8+. The normalized spacial score (nSPS) is 12.2. The molecule has 10 heavy (non-hydrogen) atoms. The van der Waals surface area contributed by atoms with Gasteiger partial charge < -0.3 is 0 Å². The van der Waals surface area contributed by atoms with Crippen LogP contribution in [0, 0.1) is 5.92 Å². The molecule has 0 bridgehead atoms. The summed E-state index contributed by atoms with van der Waals surface area (Å²) in [5, 5.41) is 0. The Bertz CT molecular complexity index is 118. The molecule has 0 spiro atoms. The van der Waals surface area contributed by atoms with Crippen molar-refractivity contribution in [1.82, 2.24) is 0 Å². The number of hydrogen-bond acceptors (Lipinski definition) is 0. The second kappa shape index (κ2) is 5.28. The van der Waals surface area contributed by atoms with Crippen molar-refractivity contribution in [3.05, 3.63) is 24.3 Å². The molecule has 0 saturated carbocycles. The van der Waals surface area contributed by atoms with E-state index in [1.807, 2.05) is 6.08 Å². The van der Waals surface area contributed by atoms with Gasteiger partial charge in [-0.15, -0.1) is 6.58 Å². The van der Waals surface area contributed by atoms with Crippen LogP contribution in [-0.4, -0.2) is 0 Å². The largest absolute Gasteiger partial charge is 0.103 e. The highest BCUT2D eigenvalue weighted by Crippen LogP contribution is 2.07. The minimum absolute atomic E-state index is 0.685. The number of hydrogen-bond donors (Lipinski definition) is 0. The zero-order chi connectivity index (χ0) is 7.98. The zero-order valence-electron chi connectivity index (χ0n) is 7.35. The van der Waals surface area contributed by atoms with Gasteiger partial charge in [0.1, 0.15) is 0 Å². The summed E-state index contributed by atoms with van der Waals surface area (Å²) in [7, 11) is 0. The molecule has 0 heteroatoms. The molecular formula is C10H18. The van der Waals surface area contributed by atoms with Crippen molar-refractivity contribution in [3.8, 4) is 0 Å². The lowest BCUT2D eigenvalue weighted by molar-refractivity contribution is 0.807. The third-order valence-electron chi connectivity index (χ3n) is 1.36. The molecule has 0 aromatic rings. The van der Waals surface area contributed by atoms with E-state index in [1.54, 1.807) is 0 Å². The minimum Gasteiger partial charge on any atom is -0.103 e. The van der Waals surface area contributed by atoms with Gasteiger partial charge in [-0.3, -0.25) is 0 Å². The Hall–Kier alpha value is -0.520. The van der Waals surface area contributed by atoms with Crippen molar-refractivity contribution >= 4 is 0 Å². The quantitative estimate of drug-likeness (QED) is 0.521. The molecule has 0 fully saturated rings. The first-order valence-electron chi connectivity index (χ1n) is 3.95. The highest BCUT2D eigenvalue weighted by molar-refractivity contribution is 5.00. The summed E-state index contributed by atoms with van der Waals surface area (Å²) in [6, 6.07) is 0.